The van der Waals surface area contributed by atoms with Gasteiger partial charge in [0.05, 0.1) is 12.7 Å². The van der Waals surface area contributed by atoms with Gasteiger partial charge in [-0.15, -0.1) is 24.8 Å². The molecule has 190 valence electrons. The third-order valence-electron chi connectivity index (χ3n) is 7.23. The van der Waals surface area contributed by atoms with Crippen molar-refractivity contribution >= 4 is 24.8 Å². The molecule has 1 aliphatic carbocycles. The molecule has 0 spiro atoms. The Balaban J connectivity index is 0.00000204. The molecule has 7 heteroatoms. The van der Waals surface area contributed by atoms with Crippen LogP contribution in [0.25, 0.3) is 0 Å². The number of ether oxygens (including phenoxy) is 2. The largest absolute Gasteiger partial charge is 0.493 e. The molecular formula is C27H40Cl2N2O3. The summed E-state index contributed by atoms with van der Waals surface area (Å²) in [7, 11) is 3.88. The zero-order valence-electron chi connectivity index (χ0n) is 20.4. The quantitative estimate of drug-likeness (QED) is 0.532. The predicted octanol–water partition coefficient (Wildman–Crippen LogP) is 5.14. The van der Waals surface area contributed by atoms with Gasteiger partial charge in [0.15, 0.2) is 11.5 Å². The van der Waals surface area contributed by atoms with Crippen LogP contribution in [-0.4, -0.2) is 67.4 Å². The van der Waals surface area contributed by atoms with Crippen LogP contribution in [0, 0.1) is 0 Å². The first-order chi connectivity index (χ1) is 15.6. The summed E-state index contributed by atoms with van der Waals surface area (Å²) in [4.78, 5) is 4.90. The maximum atomic E-state index is 11.7. The highest BCUT2D eigenvalue weighted by atomic mass is 35.5. The van der Waals surface area contributed by atoms with Crippen LogP contribution < -0.4 is 9.47 Å². The lowest BCUT2D eigenvalue weighted by atomic mass is 9.72. The summed E-state index contributed by atoms with van der Waals surface area (Å²) in [6, 6.07) is 16.4. The van der Waals surface area contributed by atoms with Crippen LogP contribution >= 0.6 is 24.8 Å². The van der Waals surface area contributed by atoms with Gasteiger partial charge in [-0.05, 0) is 43.1 Å². The second-order valence-electron chi connectivity index (χ2n) is 9.51. The number of rotatable bonds is 8. The molecule has 0 bridgehead atoms. The first kappa shape index (κ1) is 28.7. The molecule has 0 radical (unpaired) electrons. The Hall–Kier alpha value is -1.50. The molecular weight excluding hydrogens is 471 g/mol. The van der Waals surface area contributed by atoms with E-state index in [1.54, 1.807) is 7.11 Å². The first-order valence-electron chi connectivity index (χ1n) is 12.1. The van der Waals surface area contributed by atoms with Gasteiger partial charge < -0.3 is 24.4 Å². The molecule has 1 saturated carbocycles. The van der Waals surface area contributed by atoms with E-state index in [1.807, 2.05) is 24.3 Å². The number of halogens is 2. The molecule has 0 aromatic heterocycles. The van der Waals surface area contributed by atoms with Gasteiger partial charge in [-0.3, -0.25) is 0 Å². The van der Waals surface area contributed by atoms with E-state index in [-0.39, 0.29) is 30.7 Å². The van der Waals surface area contributed by atoms with Gasteiger partial charge in [0.1, 0.15) is 6.61 Å². The number of nitrogens with zero attached hydrogens (tertiary/aromatic N) is 2. The lowest BCUT2D eigenvalue weighted by molar-refractivity contribution is -0.0337. The first-order valence-corrected chi connectivity index (χ1v) is 12.1. The fourth-order valence-corrected chi connectivity index (χ4v) is 5.14. The number of aliphatic hydroxyl groups is 1. The normalized spacial score (nSPS) is 19.4. The van der Waals surface area contributed by atoms with Crippen LogP contribution in [0.3, 0.4) is 0 Å². The number of piperazine rings is 1. The SMILES string of the molecule is COc1cc(C(CN2CCN(C)CC2)C2(O)CCCCC2)ccc1OCc1ccccc1.Cl.Cl. The van der Waals surface area contributed by atoms with E-state index in [9.17, 15) is 5.11 Å². The van der Waals surface area contributed by atoms with Crippen molar-refractivity contribution in [1.29, 1.82) is 0 Å². The number of methoxy groups -OCH3 is 1. The Morgan fingerprint density at radius 3 is 2.24 bits per heavy atom. The zero-order valence-corrected chi connectivity index (χ0v) is 22.1. The average molecular weight is 512 g/mol. The van der Waals surface area contributed by atoms with Gasteiger partial charge in [0.25, 0.3) is 0 Å². The topological polar surface area (TPSA) is 45.2 Å². The van der Waals surface area contributed by atoms with Gasteiger partial charge in [-0.25, -0.2) is 0 Å². The van der Waals surface area contributed by atoms with Gasteiger partial charge in [-0.1, -0.05) is 55.7 Å². The molecule has 5 nitrogen and oxygen atoms in total. The second-order valence-corrected chi connectivity index (χ2v) is 9.51. The van der Waals surface area contributed by atoms with Crippen LogP contribution in [0.1, 0.15) is 49.1 Å². The van der Waals surface area contributed by atoms with Crippen LogP contribution in [0.15, 0.2) is 48.5 Å². The van der Waals surface area contributed by atoms with Crippen molar-refractivity contribution in [2.24, 2.45) is 0 Å². The van der Waals surface area contributed by atoms with Gasteiger partial charge in [0, 0.05) is 38.6 Å². The molecule has 34 heavy (non-hydrogen) atoms. The van der Waals surface area contributed by atoms with Crippen molar-refractivity contribution < 1.29 is 14.6 Å². The molecule has 1 aliphatic heterocycles. The summed E-state index contributed by atoms with van der Waals surface area (Å²) in [6.45, 7) is 5.67. The van der Waals surface area contributed by atoms with Crippen LogP contribution in [0.2, 0.25) is 0 Å². The highest BCUT2D eigenvalue weighted by Gasteiger charge is 2.40. The summed E-state index contributed by atoms with van der Waals surface area (Å²) in [5, 5.41) is 11.7. The Morgan fingerprint density at radius 2 is 1.59 bits per heavy atom. The highest BCUT2D eigenvalue weighted by molar-refractivity contribution is 5.85. The monoisotopic (exact) mass is 510 g/mol. The predicted molar refractivity (Wildman–Crippen MR) is 143 cm³/mol. The van der Waals surface area contributed by atoms with E-state index in [2.05, 4.69) is 41.1 Å². The Morgan fingerprint density at radius 1 is 0.912 bits per heavy atom. The van der Waals surface area contributed by atoms with Crippen molar-refractivity contribution in [3.63, 3.8) is 0 Å². The Labute approximate surface area is 217 Å². The van der Waals surface area contributed by atoms with E-state index < -0.39 is 5.60 Å². The maximum absolute atomic E-state index is 11.7. The molecule has 1 atom stereocenters. The van der Waals surface area contributed by atoms with Gasteiger partial charge >= 0.3 is 0 Å². The summed E-state index contributed by atoms with van der Waals surface area (Å²) in [5.74, 6) is 1.55. The zero-order chi connectivity index (χ0) is 22.4. The van der Waals surface area contributed by atoms with Crippen molar-refractivity contribution in [3.05, 3.63) is 59.7 Å². The van der Waals surface area contributed by atoms with Crippen molar-refractivity contribution in [1.82, 2.24) is 9.80 Å². The summed E-state index contributed by atoms with van der Waals surface area (Å²) >= 11 is 0. The van der Waals surface area contributed by atoms with Crippen LogP contribution in [0.5, 0.6) is 11.5 Å². The molecule has 1 N–H and O–H groups in total. The molecule has 4 rings (SSSR count). The number of benzene rings is 2. The fourth-order valence-electron chi connectivity index (χ4n) is 5.14. The van der Waals surface area contributed by atoms with E-state index in [0.29, 0.717) is 6.61 Å². The smallest absolute Gasteiger partial charge is 0.161 e. The van der Waals surface area contributed by atoms with E-state index >= 15 is 0 Å². The third-order valence-corrected chi connectivity index (χ3v) is 7.23. The van der Waals surface area contributed by atoms with Crippen molar-refractivity contribution in [2.45, 2.75) is 50.2 Å². The molecule has 2 aliphatic rings. The number of likely N-dealkylation sites (N-methyl/N-ethyl adjacent to an activating group) is 1. The number of hydrogen-bond acceptors (Lipinski definition) is 5. The maximum Gasteiger partial charge on any atom is 0.161 e. The summed E-state index contributed by atoms with van der Waals surface area (Å²) < 4.78 is 11.8. The minimum absolute atomic E-state index is 0. The van der Waals surface area contributed by atoms with Gasteiger partial charge in [-0.2, -0.15) is 0 Å². The van der Waals surface area contributed by atoms with Gasteiger partial charge in [0.2, 0.25) is 0 Å². The second kappa shape index (κ2) is 13.6. The molecule has 1 unspecified atom stereocenters. The fraction of sp³-hybridized carbons (Fsp3) is 0.556. The highest BCUT2D eigenvalue weighted by Crippen LogP contribution is 2.42. The molecule has 1 heterocycles. The van der Waals surface area contributed by atoms with Crippen molar-refractivity contribution in [2.75, 3.05) is 46.9 Å². The number of hydrogen-bond donors (Lipinski definition) is 1. The Kier molecular flexibility index (Phi) is 11.5. The van der Waals surface area contributed by atoms with E-state index in [0.717, 1.165) is 81.0 Å². The minimum atomic E-state index is -0.654. The standard InChI is InChI=1S/C27H38N2O3.2ClH/c1-28-15-17-29(18-16-28)20-24(27(30)13-7-4-8-14-27)23-11-12-25(26(19-23)31-2)32-21-22-9-5-3-6-10-22;;/h3,5-6,9-12,19,24,30H,4,7-8,13-18,20-21H2,1-2H3;2*1H. The lowest BCUT2D eigenvalue weighted by Gasteiger charge is -2.43. The molecule has 2 aromatic rings. The van der Waals surface area contributed by atoms with E-state index in [1.165, 1.54) is 6.42 Å². The van der Waals surface area contributed by atoms with Crippen LogP contribution in [0.4, 0.5) is 0 Å². The molecule has 2 aromatic carbocycles. The summed E-state index contributed by atoms with van der Waals surface area (Å²) in [6.07, 6.45) is 5.18. The molecule has 2 fully saturated rings. The third kappa shape index (κ3) is 7.25. The molecule has 0 amide bonds. The lowest BCUT2D eigenvalue weighted by Crippen LogP contribution is -2.50. The minimum Gasteiger partial charge on any atom is -0.493 e. The summed E-state index contributed by atoms with van der Waals surface area (Å²) in [5.41, 5.74) is 1.62. The molecule has 1 saturated heterocycles. The van der Waals surface area contributed by atoms with E-state index in [4.69, 9.17) is 9.47 Å². The average Bonchev–Trinajstić information content (AvgIpc) is 2.83. The van der Waals surface area contributed by atoms with Crippen molar-refractivity contribution in [3.8, 4) is 11.5 Å². The van der Waals surface area contributed by atoms with Crippen LogP contribution in [-0.2, 0) is 6.61 Å². The Bertz CT molecular complexity index is 854.